The molecule has 1 amide bonds. The van der Waals surface area contributed by atoms with Gasteiger partial charge in [-0.2, -0.15) is 16.4 Å². The first-order valence-electron chi connectivity index (χ1n) is 9.30. The van der Waals surface area contributed by atoms with Crippen molar-refractivity contribution in [1.29, 1.82) is 0 Å². The van der Waals surface area contributed by atoms with E-state index in [4.69, 9.17) is 16.8 Å². The number of quaternary nitrogens is 1. The van der Waals surface area contributed by atoms with E-state index < -0.39 is 10.7 Å². The van der Waals surface area contributed by atoms with Crippen LogP contribution in [0.15, 0.2) is 0 Å². The standard InChI is InChI=1S/C17H36N4O3/c1-2-3-4-5-6-7-8-9-10-12-16(22)20-13-11-14-21(18,19)15-17(23)24/h2-15,18-19H2,1H3,(H-,20,22,23,24)/p+1. The van der Waals surface area contributed by atoms with Gasteiger partial charge in [-0.1, -0.05) is 58.3 Å². The van der Waals surface area contributed by atoms with E-state index in [0.717, 1.165) is 12.8 Å². The van der Waals surface area contributed by atoms with E-state index in [9.17, 15) is 9.59 Å². The van der Waals surface area contributed by atoms with Crippen molar-refractivity contribution in [1.82, 2.24) is 5.32 Å². The fraction of sp³-hybridized carbons (Fsp3) is 0.882. The van der Waals surface area contributed by atoms with Gasteiger partial charge in [0.15, 0.2) is 0 Å². The summed E-state index contributed by atoms with van der Waals surface area (Å²) in [6.07, 6.45) is 12.2. The van der Waals surface area contributed by atoms with Gasteiger partial charge < -0.3 is 10.4 Å². The fourth-order valence-electron chi connectivity index (χ4n) is 2.62. The summed E-state index contributed by atoms with van der Waals surface area (Å²) in [5.74, 6) is 10.3. The quantitative estimate of drug-likeness (QED) is 0.148. The molecule has 7 heteroatoms. The first-order valence-corrected chi connectivity index (χ1v) is 9.30. The monoisotopic (exact) mass is 345 g/mol. The molecule has 142 valence electrons. The summed E-state index contributed by atoms with van der Waals surface area (Å²) in [6, 6.07) is 0. The molecule has 0 spiro atoms. The second-order valence-electron chi connectivity index (χ2n) is 6.66. The summed E-state index contributed by atoms with van der Waals surface area (Å²) in [5.41, 5.74) is 0. The average Bonchev–Trinajstić information content (AvgIpc) is 2.48. The van der Waals surface area contributed by atoms with E-state index >= 15 is 0 Å². The number of carboxylic acid groups (broad SMARTS) is 1. The summed E-state index contributed by atoms with van der Waals surface area (Å²) in [5, 5.41) is 11.5. The zero-order chi connectivity index (χ0) is 18.3. The van der Waals surface area contributed by atoms with Crippen molar-refractivity contribution < 1.29 is 19.4 Å². The van der Waals surface area contributed by atoms with Crippen molar-refractivity contribution in [3.05, 3.63) is 0 Å². The number of nitrogens with zero attached hydrogens (tertiary/aromatic N) is 1. The van der Waals surface area contributed by atoms with Gasteiger partial charge in [-0.3, -0.25) is 4.79 Å². The predicted molar refractivity (Wildman–Crippen MR) is 95.5 cm³/mol. The lowest BCUT2D eigenvalue weighted by atomic mass is 10.1. The Kier molecular flexibility index (Phi) is 13.5. The van der Waals surface area contributed by atoms with Gasteiger partial charge in [0.2, 0.25) is 12.5 Å². The minimum Gasteiger partial charge on any atom is -0.477 e. The van der Waals surface area contributed by atoms with Gasteiger partial charge >= 0.3 is 5.97 Å². The number of hydrogen-bond acceptors (Lipinski definition) is 4. The highest BCUT2D eigenvalue weighted by Crippen LogP contribution is 2.10. The molecular weight excluding hydrogens is 308 g/mol. The molecule has 0 saturated carbocycles. The number of carboxylic acids is 1. The zero-order valence-corrected chi connectivity index (χ0v) is 15.3. The van der Waals surface area contributed by atoms with Crippen LogP contribution in [0.1, 0.15) is 77.6 Å². The molecule has 0 aromatic carbocycles. The minimum atomic E-state index is -1.03. The van der Waals surface area contributed by atoms with E-state index in [-0.39, 0.29) is 12.5 Å². The Morgan fingerprint density at radius 1 is 0.917 bits per heavy atom. The van der Waals surface area contributed by atoms with Crippen LogP contribution >= 0.6 is 0 Å². The van der Waals surface area contributed by atoms with E-state index in [2.05, 4.69) is 12.2 Å². The molecule has 0 unspecified atom stereocenters. The van der Waals surface area contributed by atoms with E-state index in [1.165, 1.54) is 44.9 Å². The van der Waals surface area contributed by atoms with Crippen molar-refractivity contribution in [2.45, 2.75) is 77.6 Å². The van der Waals surface area contributed by atoms with Crippen LogP contribution in [0.4, 0.5) is 0 Å². The van der Waals surface area contributed by atoms with Crippen LogP contribution in [0.2, 0.25) is 0 Å². The van der Waals surface area contributed by atoms with E-state index in [1.807, 2.05) is 0 Å². The van der Waals surface area contributed by atoms with Crippen molar-refractivity contribution in [3.63, 3.8) is 0 Å². The zero-order valence-electron chi connectivity index (χ0n) is 15.3. The van der Waals surface area contributed by atoms with Crippen LogP contribution in [0, 0.1) is 0 Å². The van der Waals surface area contributed by atoms with Gasteiger partial charge in [-0.15, -0.1) is 0 Å². The van der Waals surface area contributed by atoms with E-state index in [1.54, 1.807) is 0 Å². The molecule has 0 heterocycles. The molecule has 0 aliphatic heterocycles. The Morgan fingerprint density at radius 2 is 1.46 bits per heavy atom. The summed E-state index contributed by atoms with van der Waals surface area (Å²) in [7, 11) is 0. The van der Waals surface area contributed by atoms with Gasteiger partial charge in [0.1, 0.15) is 6.54 Å². The number of amides is 1. The van der Waals surface area contributed by atoms with Crippen LogP contribution in [-0.4, -0.2) is 41.3 Å². The summed E-state index contributed by atoms with van der Waals surface area (Å²) in [4.78, 5) is 22.2. The highest BCUT2D eigenvalue weighted by Gasteiger charge is 2.21. The molecular formula is C17H37N4O3+. The van der Waals surface area contributed by atoms with E-state index in [0.29, 0.717) is 25.9 Å². The number of unbranched alkanes of at least 4 members (excludes halogenated alkanes) is 8. The van der Waals surface area contributed by atoms with Gasteiger partial charge in [0.25, 0.3) is 0 Å². The molecule has 0 atom stereocenters. The van der Waals surface area contributed by atoms with Crippen molar-refractivity contribution in [2.24, 2.45) is 11.7 Å². The SMILES string of the molecule is CCCCCCCCCCCC(=O)NCCC[N+](N)(N)CC(=O)O. The van der Waals surface area contributed by atoms with Gasteiger partial charge in [0.05, 0.1) is 0 Å². The van der Waals surface area contributed by atoms with Crippen LogP contribution in [0.5, 0.6) is 0 Å². The molecule has 0 bridgehead atoms. The Balaban J connectivity index is 3.43. The lowest BCUT2D eigenvalue weighted by Crippen LogP contribution is -2.63. The molecule has 0 aromatic rings. The lowest BCUT2D eigenvalue weighted by molar-refractivity contribution is -0.944. The summed E-state index contributed by atoms with van der Waals surface area (Å²) < 4.78 is -0.552. The number of nitrogens with one attached hydrogen (secondary N) is 1. The summed E-state index contributed by atoms with van der Waals surface area (Å²) in [6.45, 7) is 2.68. The second-order valence-corrected chi connectivity index (χ2v) is 6.66. The number of aliphatic carboxylic acids is 1. The average molecular weight is 346 g/mol. The second kappa shape index (κ2) is 14.2. The fourth-order valence-corrected chi connectivity index (χ4v) is 2.62. The first kappa shape index (κ1) is 22.8. The minimum absolute atomic E-state index is 0.0447. The predicted octanol–water partition coefficient (Wildman–Crippen LogP) is 2.06. The van der Waals surface area contributed by atoms with Crippen LogP contribution < -0.4 is 17.0 Å². The molecule has 24 heavy (non-hydrogen) atoms. The lowest BCUT2D eigenvalue weighted by Gasteiger charge is -2.24. The van der Waals surface area contributed by atoms with Crippen molar-refractivity contribution in [3.8, 4) is 0 Å². The largest absolute Gasteiger partial charge is 0.477 e. The van der Waals surface area contributed by atoms with Crippen LogP contribution in [-0.2, 0) is 9.59 Å². The molecule has 0 rings (SSSR count). The normalized spacial score (nSPS) is 11.5. The number of rotatable bonds is 16. The molecule has 0 aliphatic rings. The van der Waals surface area contributed by atoms with Crippen LogP contribution in [0.3, 0.4) is 0 Å². The molecule has 0 fully saturated rings. The maximum atomic E-state index is 11.7. The smallest absolute Gasteiger partial charge is 0.363 e. The summed E-state index contributed by atoms with van der Waals surface area (Å²) >= 11 is 0. The number of carbonyl (C=O) groups is 2. The van der Waals surface area contributed by atoms with Crippen molar-refractivity contribution >= 4 is 11.9 Å². The number of nitrogens with two attached hydrogens (primary N) is 2. The van der Waals surface area contributed by atoms with Gasteiger partial charge in [-0.25, -0.2) is 4.79 Å². The molecule has 0 radical (unpaired) electrons. The Hall–Kier alpha value is -1.18. The molecule has 0 aromatic heterocycles. The van der Waals surface area contributed by atoms with Crippen molar-refractivity contribution in [2.75, 3.05) is 19.6 Å². The molecule has 0 saturated heterocycles. The third kappa shape index (κ3) is 15.7. The third-order valence-corrected chi connectivity index (χ3v) is 4.01. The Morgan fingerprint density at radius 3 is 2.00 bits per heavy atom. The van der Waals surface area contributed by atoms with Gasteiger partial charge in [-0.05, 0) is 6.42 Å². The van der Waals surface area contributed by atoms with Crippen LogP contribution in [0.25, 0.3) is 0 Å². The Bertz CT molecular complexity index is 349. The number of hydrogen-bond donors (Lipinski definition) is 4. The highest BCUT2D eigenvalue weighted by atomic mass is 16.4. The molecule has 0 aliphatic carbocycles. The Labute approximate surface area is 146 Å². The number of carbonyl (C=O) groups excluding carboxylic acids is 1. The topological polar surface area (TPSA) is 118 Å². The molecule has 6 N–H and O–H groups in total. The maximum absolute atomic E-state index is 11.7. The highest BCUT2D eigenvalue weighted by molar-refractivity contribution is 5.75. The van der Waals surface area contributed by atoms with Gasteiger partial charge in [0, 0.05) is 19.4 Å². The third-order valence-electron chi connectivity index (χ3n) is 4.01. The first-order chi connectivity index (χ1) is 11.4. The molecule has 7 nitrogen and oxygen atoms in total. The maximum Gasteiger partial charge on any atom is 0.363 e.